The predicted molar refractivity (Wildman–Crippen MR) is 66.0 cm³/mol. The van der Waals surface area contributed by atoms with Gasteiger partial charge in [-0.15, -0.1) is 0 Å². The van der Waals surface area contributed by atoms with Crippen LogP contribution in [0.1, 0.15) is 19.4 Å². The molecule has 1 saturated heterocycles. The third-order valence-electron chi connectivity index (χ3n) is 3.55. The third kappa shape index (κ3) is 1.57. The Morgan fingerprint density at radius 1 is 1.44 bits per heavy atom. The normalized spacial score (nSPS) is 18.6. The molecular weight excluding hydrogens is 266 g/mol. The van der Waals surface area contributed by atoms with E-state index >= 15 is 0 Å². The first kappa shape index (κ1) is 11.6. The number of rotatable bonds is 2. The van der Waals surface area contributed by atoms with Crippen LogP contribution in [0.15, 0.2) is 28.7 Å². The summed E-state index contributed by atoms with van der Waals surface area (Å²) in [6.07, 6.45) is 0. The molecule has 0 atom stereocenters. The minimum absolute atomic E-state index is 0.161. The van der Waals surface area contributed by atoms with E-state index in [-0.39, 0.29) is 5.41 Å². The number of ether oxygens (including phenoxy) is 1. The van der Waals surface area contributed by atoms with Gasteiger partial charge in [0.25, 0.3) is 0 Å². The van der Waals surface area contributed by atoms with Gasteiger partial charge >= 0.3 is 0 Å². The molecule has 0 aromatic heterocycles. The summed E-state index contributed by atoms with van der Waals surface area (Å²) in [6, 6.07) is 10.6. The Kier molecular flexibility index (Phi) is 2.81. The van der Waals surface area contributed by atoms with Gasteiger partial charge in [-0.1, -0.05) is 28.1 Å². The van der Waals surface area contributed by atoms with E-state index in [9.17, 15) is 5.26 Å². The van der Waals surface area contributed by atoms with E-state index in [2.05, 4.69) is 34.1 Å². The summed E-state index contributed by atoms with van der Waals surface area (Å²) in [5, 5.41) is 9.31. The van der Waals surface area contributed by atoms with Crippen LogP contribution in [-0.4, -0.2) is 13.2 Å². The molecule has 1 fully saturated rings. The van der Waals surface area contributed by atoms with Crippen molar-refractivity contribution in [1.29, 1.82) is 5.26 Å². The molecule has 0 aliphatic carbocycles. The monoisotopic (exact) mass is 279 g/mol. The fourth-order valence-corrected chi connectivity index (χ4v) is 2.49. The average molecular weight is 280 g/mol. The van der Waals surface area contributed by atoms with Gasteiger partial charge in [-0.25, -0.2) is 0 Å². The SMILES string of the molecule is CC(C)(C#N)C1(c2cccc(Br)c2)COC1. The van der Waals surface area contributed by atoms with Crippen molar-refractivity contribution in [2.45, 2.75) is 19.3 Å². The molecular formula is C13H14BrNO. The standard InChI is InChI=1S/C13H14BrNO/c1-12(2,7-15)13(8-16-9-13)10-4-3-5-11(14)6-10/h3-6H,8-9H2,1-2H3. The van der Waals surface area contributed by atoms with E-state index in [1.807, 2.05) is 26.0 Å². The number of halogens is 1. The van der Waals surface area contributed by atoms with Gasteiger partial charge in [-0.05, 0) is 31.5 Å². The molecule has 0 amide bonds. The van der Waals surface area contributed by atoms with Crippen LogP contribution in [0.25, 0.3) is 0 Å². The zero-order valence-electron chi connectivity index (χ0n) is 9.46. The van der Waals surface area contributed by atoms with Gasteiger partial charge in [0.2, 0.25) is 0 Å². The van der Waals surface area contributed by atoms with Crippen LogP contribution in [0, 0.1) is 16.7 Å². The van der Waals surface area contributed by atoms with Crippen molar-refractivity contribution in [3.05, 3.63) is 34.3 Å². The van der Waals surface area contributed by atoms with Crippen molar-refractivity contribution >= 4 is 15.9 Å². The summed E-state index contributed by atoms with van der Waals surface area (Å²) in [7, 11) is 0. The molecule has 1 aromatic carbocycles. The Bertz CT molecular complexity index is 443. The van der Waals surface area contributed by atoms with E-state index in [4.69, 9.17) is 4.74 Å². The summed E-state index contributed by atoms with van der Waals surface area (Å²) in [6.45, 7) is 5.22. The lowest BCUT2D eigenvalue weighted by molar-refractivity contribution is -0.102. The minimum Gasteiger partial charge on any atom is -0.379 e. The predicted octanol–water partition coefficient (Wildman–Crippen LogP) is 3.27. The molecule has 2 nitrogen and oxygen atoms in total. The number of hydrogen-bond acceptors (Lipinski definition) is 2. The highest BCUT2D eigenvalue weighted by Gasteiger charge is 2.52. The first-order valence-corrected chi connectivity index (χ1v) is 6.06. The second-order valence-corrected chi connectivity index (χ2v) is 5.74. The fourth-order valence-electron chi connectivity index (χ4n) is 2.09. The second kappa shape index (κ2) is 3.87. The fraction of sp³-hybridized carbons (Fsp3) is 0.462. The molecule has 0 saturated carbocycles. The minimum atomic E-state index is -0.411. The lowest BCUT2D eigenvalue weighted by atomic mass is 9.61. The summed E-state index contributed by atoms with van der Waals surface area (Å²) in [5.74, 6) is 0. The third-order valence-corrected chi connectivity index (χ3v) is 4.04. The van der Waals surface area contributed by atoms with Gasteiger partial charge in [0.15, 0.2) is 0 Å². The molecule has 0 N–H and O–H groups in total. The first-order chi connectivity index (χ1) is 7.52. The van der Waals surface area contributed by atoms with Gasteiger partial charge in [-0.2, -0.15) is 5.26 Å². The second-order valence-electron chi connectivity index (χ2n) is 4.82. The molecule has 1 aliphatic heterocycles. The first-order valence-electron chi connectivity index (χ1n) is 5.27. The van der Waals surface area contributed by atoms with E-state index in [1.165, 1.54) is 5.56 Å². The molecule has 0 radical (unpaired) electrons. The maximum atomic E-state index is 9.31. The van der Waals surface area contributed by atoms with Gasteiger partial charge < -0.3 is 4.74 Å². The zero-order chi connectivity index (χ0) is 11.8. The molecule has 0 unspecified atom stereocenters. The number of nitrogens with zero attached hydrogens (tertiary/aromatic N) is 1. The molecule has 1 aromatic rings. The summed E-state index contributed by atoms with van der Waals surface area (Å²) in [4.78, 5) is 0. The Morgan fingerprint density at radius 3 is 2.56 bits per heavy atom. The molecule has 84 valence electrons. The average Bonchev–Trinajstić information content (AvgIpc) is 2.15. The summed E-state index contributed by atoms with van der Waals surface area (Å²) in [5.41, 5.74) is 0.608. The highest BCUT2D eigenvalue weighted by Crippen LogP contribution is 2.47. The Labute approximate surface area is 104 Å². The summed E-state index contributed by atoms with van der Waals surface area (Å²) < 4.78 is 6.40. The molecule has 3 heteroatoms. The van der Waals surface area contributed by atoms with Crippen LogP contribution in [0.2, 0.25) is 0 Å². The Balaban J connectivity index is 2.48. The van der Waals surface area contributed by atoms with Crippen LogP contribution in [0.4, 0.5) is 0 Å². The van der Waals surface area contributed by atoms with Crippen molar-refractivity contribution in [3.8, 4) is 6.07 Å². The lowest BCUT2D eigenvalue weighted by Gasteiger charge is -2.49. The zero-order valence-corrected chi connectivity index (χ0v) is 11.0. The molecule has 1 heterocycles. The van der Waals surface area contributed by atoms with Crippen LogP contribution in [-0.2, 0) is 10.2 Å². The van der Waals surface area contributed by atoms with E-state index in [0.29, 0.717) is 13.2 Å². The van der Waals surface area contributed by atoms with Crippen molar-refractivity contribution in [3.63, 3.8) is 0 Å². The number of benzene rings is 1. The van der Waals surface area contributed by atoms with Gasteiger partial charge in [0, 0.05) is 4.47 Å². The van der Waals surface area contributed by atoms with Crippen molar-refractivity contribution in [1.82, 2.24) is 0 Å². The lowest BCUT2D eigenvalue weighted by Crippen LogP contribution is -2.56. The maximum Gasteiger partial charge on any atom is 0.0695 e. The number of hydrogen-bond donors (Lipinski definition) is 0. The molecule has 0 bridgehead atoms. The number of nitriles is 1. The maximum absolute atomic E-state index is 9.31. The largest absolute Gasteiger partial charge is 0.379 e. The topological polar surface area (TPSA) is 33.0 Å². The van der Waals surface area contributed by atoms with E-state index in [1.54, 1.807) is 0 Å². The molecule has 1 aliphatic rings. The smallest absolute Gasteiger partial charge is 0.0695 e. The van der Waals surface area contributed by atoms with Crippen LogP contribution in [0.3, 0.4) is 0 Å². The van der Waals surface area contributed by atoms with E-state index in [0.717, 1.165) is 4.47 Å². The van der Waals surface area contributed by atoms with Gasteiger partial charge in [-0.3, -0.25) is 0 Å². The van der Waals surface area contributed by atoms with Crippen molar-refractivity contribution < 1.29 is 4.74 Å². The molecule has 2 rings (SSSR count). The highest BCUT2D eigenvalue weighted by molar-refractivity contribution is 9.10. The van der Waals surface area contributed by atoms with Crippen LogP contribution >= 0.6 is 15.9 Å². The Morgan fingerprint density at radius 2 is 2.12 bits per heavy atom. The van der Waals surface area contributed by atoms with Crippen molar-refractivity contribution in [2.75, 3.05) is 13.2 Å². The van der Waals surface area contributed by atoms with E-state index < -0.39 is 5.41 Å². The quantitative estimate of drug-likeness (QED) is 0.833. The van der Waals surface area contributed by atoms with Gasteiger partial charge in [0.05, 0.1) is 30.1 Å². The van der Waals surface area contributed by atoms with Gasteiger partial charge in [0.1, 0.15) is 0 Å². The molecule has 16 heavy (non-hydrogen) atoms. The van der Waals surface area contributed by atoms with Crippen LogP contribution in [0.5, 0.6) is 0 Å². The Hall–Kier alpha value is -0.850. The summed E-state index contributed by atoms with van der Waals surface area (Å²) >= 11 is 3.47. The van der Waals surface area contributed by atoms with Crippen molar-refractivity contribution in [2.24, 2.45) is 5.41 Å². The van der Waals surface area contributed by atoms with Crippen LogP contribution < -0.4 is 0 Å². The molecule has 0 spiro atoms. The highest BCUT2D eigenvalue weighted by atomic mass is 79.9.